The average Bonchev–Trinajstić information content (AvgIpc) is 2.37. The van der Waals surface area contributed by atoms with Gasteiger partial charge in [-0.3, -0.25) is 4.79 Å². The summed E-state index contributed by atoms with van der Waals surface area (Å²) in [5.41, 5.74) is 0. The molecule has 0 saturated carbocycles. The molecule has 1 saturated heterocycles. The molecule has 0 aromatic carbocycles. The minimum Gasteiger partial charge on any atom is -0.341 e. The highest BCUT2D eigenvalue weighted by Crippen LogP contribution is 2.20. The van der Waals surface area contributed by atoms with Crippen LogP contribution in [0.4, 0.5) is 0 Å². The lowest BCUT2D eigenvalue weighted by atomic mass is 9.93. The maximum absolute atomic E-state index is 12.4. The highest BCUT2D eigenvalue weighted by Gasteiger charge is 2.29. The number of rotatable bonds is 6. The van der Waals surface area contributed by atoms with E-state index in [1.54, 1.807) is 0 Å². The Labute approximate surface area is 112 Å². The summed E-state index contributed by atoms with van der Waals surface area (Å²) in [7, 11) is 0. The van der Waals surface area contributed by atoms with Crippen molar-refractivity contribution in [3.05, 3.63) is 0 Å². The van der Waals surface area contributed by atoms with Gasteiger partial charge in [-0.2, -0.15) is 0 Å². The van der Waals surface area contributed by atoms with Gasteiger partial charge in [0.2, 0.25) is 5.91 Å². The monoisotopic (exact) mass is 254 g/mol. The van der Waals surface area contributed by atoms with Crippen molar-refractivity contribution >= 4 is 5.91 Å². The Morgan fingerprint density at radius 2 is 1.94 bits per heavy atom. The number of carbonyl (C=O) groups excluding carboxylic acids is 1. The van der Waals surface area contributed by atoms with Gasteiger partial charge in [-0.05, 0) is 38.1 Å². The number of carbonyl (C=O) groups is 1. The molecule has 0 aliphatic carbocycles. The van der Waals surface area contributed by atoms with Gasteiger partial charge in [-0.1, -0.05) is 27.7 Å². The van der Waals surface area contributed by atoms with Crippen LogP contribution in [0.15, 0.2) is 0 Å². The van der Waals surface area contributed by atoms with Gasteiger partial charge < -0.3 is 10.2 Å². The van der Waals surface area contributed by atoms with Crippen LogP contribution in [-0.4, -0.2) is 36.5 Å². The minimum atomic E-state index is 0.224. The first-order valence-electron chi connectivity index (χ1n) is 7.64. The largest absolute Gasteiger partial charge is 0.341 e. The predicted octanol–water partition coefficient (Wildman–Crippen LogP) is 2.66. The normalized spacial score (nSPS) is 24.6. The van der Waals surface area contributed by atoms with Crippen LogP contribution in [-0.2, 0) is 4.79 Å². The van der Waals surface area contributed by atoms with E-state index in [1.807, 2.05) is 0 Å². The SMILES string of the molecule is CCCNC1CC(C)CN(C(=O)C(CC)CC)C1. The van der Waals surface area contributed by atoms with Crippen molar-refractivity contribution in [2.75, 3.05) is 19.6 Å². The molecule has 1 aliphatic heterocycles. The zero-order chi connectivity index (χ0) is 13.5. The molecule has 0 bridgehead atoms. The topological polar surface area (TPSA) is 32.3 Å². The van der Waals surface area contributed by atoms with Crippen LogP contribution >= 0.6 is 0 Å². The van der Waals surface area contributed by atoms with Crippen LogP contribution in [0.25, 0.3) is 0 Å². The molecule has 1 heterocycles. The van der Waals surface area contributed by atoms with Gasteiger partial charge in [0, 0.05) is 25.0 Å². The molecular formula is C15H30N2O. The minimum absolute atomic E-state index is 0.224. The molecule has 18 heavy (non-hydrogen) atoms. The summed E-state index contributed by atoms with van der Waals surface area (Å²) < 4.78 is 0. The number of hydrogen-bond acceptors (Lipinski definition) is 2. The average molecular weight is 254 g/mol. The second-order valence-electron chi connectivity index (χ2n) is 5.75. The van der Waals surface area contributed by atoms with Crippen molar-refractivity contribution in [2.24, 2.45) is 11.8 Å². The molecule has 0 spiro atoms. The first-order chi connectivity index (χ1) is 8.62. The molecule has 1 amide bonds. The molecule has 1 fully saturated rings. The molecule has 1 N–H and O–H groups in total. The van der Waals surface area contributed by atoms with E-state index in [2.05, 4.69) is 37.9 Å². The molecule has 1 aliphatic rings. The van der Waals surface area contributed by atoms with Crippen LogP contribution in [0.2, 0.25) is 0 Å². The second-order valence-corrected chi connectivity index (χ2v) is 5.75. The van der Waals surface area contributed by atoms with E-state index in [1.165, 1.54) is 6.42 Å². The molecule has 3 nitrogen and oxygen atoms in total. The van der Waals surface area contributed by atoms with Gasteiger partial charge in [0.1, 0.15) is 0 Å². The standard InChI is InChI=1S/C15H30N2O/c1-5-8-16-14-9-12(4)10-17(11-14)15(18)13(6-2)7-3/h12-14,16H,5-11H2,1-4H3. The third-order valence-corrected chi connectivity index (χ3v) is 3.99. The number of piperidine rings is 1. The van der Waals surface area contributed by atoms with E-state index < -0.39 is 0 Å². The third kappa shape index (κ3) is 4.27. The molecule has 2 atom stereocenters. The number of hydrogen-bond donors (Lipinski definition) is 1. The molecule has 0 aromatic rings. The lowest BCUT2D eigenvalue weighted by Gasteiger charge is -2.38. The summed E-state index contributed by atoms with van der Waals surface area (Å²) in [6.45, 7) is 11.6. The summed E-state index contributed by atoms with van der Waals surface area (Å²) in [6.07, 6.45) is 4.29. The fourth-order valence-electron chi connectivity index (χ4n) is 2.92. The highest BCUT2D eigenvalue weighted by molar-refractivity contribution is 5.78. The molecule has 2 unspecified atom stereocenters. The Morgan fingerprint density at radius 3 is 2.50 bits per heavy atom. The Bertz CT molecular complexity index is 251. The van der Waals surface area contributed by atoms with Gasteiger partial charge >= 0.3 is 0 Å². The Balaban J connectivity index is 2.56. The molecule has 1 rings (SSSR count). The first-order valence-corrected chi connectivity index (χ1v) is 7.64. The number of nitrogens with zero attached hydrogens (tertiary/aromatic N) is 1. The summed E-state index contributed by atoms with van der Waals surface area (Å²) in [6, 6.07) is 0.493. The first kappa shape index (κ1) is 15.5. The van der Waals surface area contributed by atoms with Gasteiger partial charge in [0.15, 0.2) is 0 Å². The van der Waals surface area contributed by atoms with E-state index in [-0.39, 0.29) is 5.92 Å². The highest BCUT2D eigenvalue weighted by atomic mass is 16.2. The van der Waals surface area contributed by atoms with Crippen LogP contribution in [0.3, 0.4) is 0 Å². The van der Waals surface area contributed by atoms with Crippen molar-refractivity contribution in [2.45, 2.75) is 59.4 Å². The van der Waals surface area contributed by atoms with E-state index in [9.17, 15) is 4.79 Å². The molecule has 0 radical (unpaired) electrons. The van der Waals surface area contributed by atoms with Crippen molar-refractivity contribution in [3.63, 3.8) is 0 Å². The molecule has 0 aromatic heterocycles. The van der Waals surface area contributed by atoms with E-state index in [0.29, 0.717) is 17.9 Å². The maximum atomic E-state index is 12.4. The number of amides is 1. The summed E-state index contributed by atoms with van der Waals surface area (Å²) in [5, 5.41) is 3.57. The fourth-order valence-corrected chi connectivity index (χ4v) is 2.92. The van der Waals surface area contributed by atoms with Crippen LogP contribution < -0.4 is 5.32 Å². The van der Waals surface area contributed by atoms with E-state index in [0.717, 1.165) is 38.9 Å². The number of nitrogens with one attached hydrogen (secondary N) is 1. The summed E-state index contributed by atoms with van der Waals surface area (Å²) in [5.74, 6) is 1.21. The van der Waals surface area contributed by atoms with Gasteiger partial charge in [-0.15, -0.1) is 0 Å². The van der Waals surface area contributed by atoms with Crippen LogP contribution in [0, 0.1) is 11.8 Å². The second kappa shape index (κ2) is 7.78. The van der Waals surface area contributed by atoms with Crippen LogP contribution in [0.5, 0.6) is 0 Å². The fraction of sp³-hybridized carbons (Fsp3) is 0.933. The quantitative estimate of drug-likeness (QED) is 0.790. The lowest BCUT2D eigenvalue weighted by molar-refractivity contribution is -0.138. The molecular weight excluding hydrogens is 224 g/mol. The van der Waals surface area contributed by atoms with Gasteiger partial charge in [0.25, 0.3) is 0 Å². The summed E-state index contributed by atoms with van der Waals surface area (Å²) >= 11 is 0. The maximum Gasteiger partial charge on any atom is 0.225 e. The van der Waals surface area contributed by atoms with Crippen molar-refractivity contribution < 1.29 is 4.79 Å². The predicted molar refractivity (Wildman–Crippen MR) is 76.5 cm³/mol. The summed E-state index contributed by atoms with van der Waals surface area (Å²) in [4.78, 5) is 14.5. The van der Waals surface area contributed by atoms with Crippen LogP contribution in [0.1, 0.15) is 53.4 Å². The lowest BCUT2D eigenvalue weighted by Crippen LogP contribution is -2.52. The van der Waals surface area contributed by atoms with Gasteiger partial charge in [-0.25, -0.2) is 0 Å². The Kier molecular flexibility index (Phi) is 6.69. The van der Waals surface area contributed by atoms with Crippen molar-refractivity contribution in [3.8, 4) is 0 Å². The zero-order valence-electron chi connectivity index (χ0n) is 12.5. The van der Waals surface area contributed by atoms with E-state index in [4.69, 9.17) is 0 Å². The zero-order valence-corrected chi connectivity index (χ0v) is 12.5. The molecule has 106 valence electrons. The Morgan fingerprint density at radius 1 is 1.28 bits per heavy atom. The Hall–Kier alpha value is -0.570. The smallest absolute Gasteiger partial charge is 0.225 e. The van der Waals surface area contributed by atoms with E-state index >= 15 is 0 Å². The van der Waals surface area contributed by atoms with Gasteiger partial charge in [0.05, 0.1) is 0 Å². The van der Waals surface area contributed by atoms with Crippen molar-refractivity contribution in [1.29, 1.82) is 0 Å². The third-order valence-electron chi connectivity index (χ3n) is 3.99. The van der Waals surface area contributed by atoms with Crippen molar-refractivity contribution in [1.82, 2.24) is 10.2 Å². The molecule has 3 heteroatoms. The number of likely N-dealkylation sites (tertiary alicyclic amines) is 1.